The first-order valence-corrected chi connectivity index (χ1v) is 11.5. The number of anilines is 1. The highest BCUT2D eigenvalue weighted by atomic mass is 35.5. The van der Waals surface area contributed by atoms with Crippen LogP contribution in [-0.2, 0) is 4.79 Å². The first kappa shape index (κ1) is 21.3. The lowest BCUT2D eigenvalue weighted by Gasteiger charge is -2.06. The number of aryl methyl sites for hydroxylation is 1. The number of carbonyl (C=O) groups is 1. The van der Waals surface area contributed by atoms with Crippen LogP contribution in [0.3, 0.4) is 0 Å². The van der Waals surface area contributed by atoms with Gasteiger partial charge in [-0.1, -0.05) is 59.8 Å². The van der Waals surface area contributed by atoms with E-state index in [2.05, 4.69) is 20.3 Å². The Kier molecular flexibility index (Phi) is 6.50. The predicted octanol–water partition coefficient (Wildman–Crippen LogP) is 5.25. The molecule has 9 heteroatoms. The summed E-state index contributed by atoms with van der Waals surface area (Å²) in [5.41, 5.74) is 2.69. The van der Waals surface area contributed by atoms with E-state index < -0.39 is 0 Å². The summed E-state index contributed by atoms with van der Waals surface area (Å²) in [7, 11) is 0. The molecular formula is C22H17ClN4O2S2. The molecule has 0 atom stereocenters. The Hall–Kier alpha value is -2.94. The molecule has 0 radical (unpaired) electrons. The molecule has 2 N–H and O–H groups in total. The fourth-order valence-electron chi connectivity index (χ4n) is 2.86. The molecule has 0 saturated carbocycles. The largest absolute Gasteiger partial charge is 0.325 e. The molecule has 156 valence electrons. The average molecular weight is 469 g/mol. The van der Waals surface area contributed by atoms with Crippen molar-refractivity contribution in [2.24, 2.45) is 0 Å². The van der Waals surface area contributed by atoms with Crippen LogP contribution in [0.15, 0.2) is 70.6 Å². The summed E-state index contributed by atoms with van der Waals surface area (Å²) in [4.78, 5) is 37.1. The molecule has 0 bridgehead atoms. The van der Waals surface area contributed by atoms with E-state index >= 15 is 0 Å². The molecule has 6 nitrogen and oxygen atoms in total. The highest BCUT2D eigenvalue weighted by Crippen LogP contribution is 2.34. The Morgan fingerprint density at radius 1 is 1.13 bits per heavy atom. The van der Waals surface area contributed by atoms with Crippen LogP contribution in [0.5, 0.6) is 0 Å². The Morgan fingerprint density at radius 2 is 1.94 bits per heavy atom. The van der Waals surface area contributed by atoms with Gasteiger partial charge < -0.3 is 10.3 Å². The lowest BCUT2D eigenvalue weighted by atomic mass is 10.2. The van der Waals surface area contributed by atoms with Crippen molar-refractivity contribution in [3.8, 4) is 21.1 Å². The van der Waals surface area contributed by atoms with Crippen molar-refractivity contribution in [2.75, 3.05) is 11.1 Å². The van der Waals surface area contributed by atoms with Crippen molar-refractivity contribution < 1.29 is 4.79 Å². The highest BCUT2D eigenvalue weighted by molar-refractivity contribution is 7.99. The number of benzene rings is 2. The van der Waals surface area contributed by atoms with Crippen LogP contribution >= 0.6 is 34.7 Å². The van der Waals surface area contributed by atoms with Gasteiger partial charge in [0.25, 0.3) is 5.56 Å². The quantitative estimate of drug-likeness (QED) is 0.298. The van der Waals surface area contributed by atoms with E-state index in [1.807, 2.05) is 37.3 Å². The van der Waals surface area contributed by atoms with E-state index in [9.17, 15) is 9.59 Å². The molecule has 2 aromatic carbocycles. The Labute approximate surface area is 191 Å². The molecule has 0 spiro atoms. The molecule has 0 fully saturated rings. The van der Waals surface area contributed by atoms with Gasteiger partial charge in [-0.05, 0) is 25.1 Å². The van der Waals surface area contributed by atoms with Gasteiger partial charge in [0.2, 0.25) is 5.91 Å². The monoisotopic (exact) mass is 468 g/mol. The number of rotatable bonds is 6. The number of aromatic nitrogens is 3. The first-order chi connectivity index (χ1) is 15.0. The summed E-state index contributed by atoms with van der Waals surface area (Å²) in [6, 6.07) is 18.2. The molecule has 0 unspecified atom stereocenters. The van der Waals surface area contributed by atoms with Crippen LogP contribution in [0.2, 0.25) is 5.02 Å². The number of thiazole rings is 1. The third-order valence-electron chi connectivity index (χ3n) is 4.22. The lowest BCUT2D eigenvalue weighted by Crippen LogP contribution is -2.15. The number of halogens is 1. The van der Waals surface area contributed by atoms with Gasteiger partial charge >= 0.3 is 0 Å². The molecule has 4 aromatic rings. The second-order valence-electron chi connectivity index (χ2n) is 6.58. The van der Waals surface area contributed by atoms with Gasteiger partial charge in [0.05, 0.1) is 22.0 Å². The molecule has 1 amide bonds. The summed E-state index contributed by atoms with van der Waals surface area (Å²) in [5, 5.41) is 4.55. The van der Waals surface area contributed by atoms with E-state index in [0.29, 0.717) is 21.6 Å². The van der Waals surface area contributed by atoms with Crippen LogP contribution < -0.4 is 10.9 Å². The maximum absolute atomic E-state index is 12.2. The summed E-state index contributed by atoms with van der Waals surface area (Å²) >= 11 is 8.58. The van der Waals surface area contributed by atoms with E-state index in [1.165, 1.54) is 17.4 Å². The van der Waals surface area contributed by atoms with Crippen molar-refractivity contribution in [2.45, 2.75) is 12.1 Å². The Morgan fingerprint density at radius 3 is 2.71 bits per heavy atom. The minimum atomic E-state index is -0.281. The molecule has 2 aromatic heterocycles. The van der Waals surface area contributed by atoms with Gasteiger partial charge in [-0.25, -0.2) is 9.97 Å². The second-order valence-corrected chi connectivity index (χ2v) is 8.98. The van der Waals surface area contributed by atoms with Gasteiger partial charge in [0.15, 0.2) is 5.16 Å². The standard InChI is InChI=1S/C22H17ClN4O2S2/c1-13-20(31-21(24-13)14-6-3-2-4-7-14)17-11-18(28)27-22(26-17)30-12-19(29)25-16-9-5-8-15(23)10-16/h2-11H,12H2,1H3,(H,25,29)(H,26,27,28). The first-order valence-electron chi connectivity index (χ1n) is 9.31. The van der Waals surface area contributed by atoms with Gasteiger partial charge in [-0.15, -0.1) is 11.3 Å². The lowest BCUT2D eigenvalue weighted by molar-refractivity contribution is -0.113. The van der Waals surface area contributed by atoms with E-state index in [4.69, 9.17) is 11.6 Å². The van der Waals surface area contributed by atoms with Crippen molar-refractivity contribution >= 4 is 46.3 Å². The summed E-state index contributed by atoms with van der Waals surface area (Å²) in [6.45, 7) is 1.90. The zero-order valence-corrected chi connectivity index (χ0v) is 18.8. The maximum Gasteiger partial charge on any atom is 0.252 e. The minimum Gasteiger partial charge on any atom is -0.325 e. The number of aromatic amines is 1. The average Bonchev–Trinajstić information content (AvgIpc) is 3.14. The zero-order valence-electron chi connectivity index (χ0n) is 16.4. The zero-order chi connectivity index (χ0) is 21.8. The van der Waals surface area contributed by atoms with Gasteiger partial charge in [0, 0.05) is 22.3 Å². The van der Waals surface area contributed by atoms with Crippen molar-refractivity contribution in [3.63, 3.8) is 0 Å². The number of H-pyrrole nitrogens is 1. The third-order valence-corrected chi connectivity index (χ3v) is 6.56. The number of carbonyl (C=O) groups excluding carboxylic acids is 1. The number of thioether (sulfide) groups is 1. The van der Waals surface area contributed by atoms with E-state index in [1.54, 1.807) is 24.3 Å². The summed E-state index contributed by atoms with van der Waals surface area (Å²) < 4.78 is 0. The molecule has 0 saturated heterocycles. The van der Waals surface area contributed by atoms with Crippen molar-refractivity contribution in [3.05, 3.63) is 81.7 Å². The van der Waals surface area contributed by atoms with Gasteiger partial charge in [0.1, 0.15) is 5.01 Å². The van der Waals surface area contributed by atoms with Crippen molar-refractivity contribution in [1.29, 1.82) is 0 Å². The molecule has 0 aliphatic heterocycles. The van der Waals surface area contributed by atoms with Crippen LogP contribution in [0, 0.1) is 6.92 Å². The maximum atomic E-state index is 12.2. The topological polar surface area (TPSA) is 87.7 Å². The normalized spacial score (nSPS) is 10.8. The number of hydrogen-bond acceptors (Lipinski definition) is 6. The number of nitrogens with zero attached hydrogens (tertiary/aromatic N) is 2. The smallest absolute Gasteiger partial charge is 0.252 e. The van der Waals surface area contributed by atoms with E-state index in [-0.39, 0.29) is 17.2 Å². The Bertz CT molecular complexity index is 1290. The second kappa shape index (κ2) is 9.47. The Balaban J connectivity index is 1.51. The summed E-state index contributed by atoms with van der Waals surface area (Å²) in [6.07, 6.45) is 0. The van der Waals surface area contributed by atoms with Crippen molar-refractivity contribution in [1.82, 2.24) is 15.0 Å². The highest BCUT2D eigenvalue weighted by Gasteiger charge is 2.15. The SMILES string of the molecule is Cc1nc(-c2ccccc2)sc1-c1cc(=O)[nH]c(SCC(=O)Nc2cccc(Cl)c2)n1. The van der Waals surface area contributed by atoms with E-state index in [0.717, 1.165) is 32.9 Å². The number of amides is 1. The number of nitrogens with one attached hydrogen (secondary N) is 2. The molecule has 2 heterocycles. The van der Waals surface area contributed by atoms with Crippen LogP contribution in [0.1, 0.15) is 5.69 Å². The molecule has 4 rings (SSSR count). The third kappa shape index (κ3) is 5.41. The number of hydrogen-bond donors (Lipinski definition) is 2. The van der Waals surface area contributed by atoms with Crippen LogP contribution in [-0.4, -0.2) is 26.6 Å². The fourth-order valence-corrected chi connectivity index (χ4v) is 4.75. The van der Waals surface area contributed by atoms with Crippen LogP contribution in [0.4, 0.5) is 5.69 Å². The minimum absolute atomic E-state index is 0.0931. The predicted molar refractivity (Wildman–Crippen MR) is 127 cm³/mol. The van der Waals surface area contributed by atoms with Gasteiger partial charge in [-0.3, -0.25) is 9.59 Å². The van der Waals surface area contributed by atoms with Crippen LogP contribution in [0.25, 0.3) is 21.1 Å². The molecule has 0 aliphatic carbocycles. The molecule has 0 aliphatic rings. The fraction of sp³-hybridized carbons (Fsp3) is 0.0909. The van der Waals surface area contributed by atoms with Gasteiger partial charge in [-0.2, -0.15) is 0 Å². The molecule has 31 heavy (non-hydrogen) atoms. The molecular weight excluding hydrogens is 452 g/mol. The summed E-state index contributed by atoms with van der Waals surface area (Å²) in [5.74, 6) is -0.129.